The van der Waals surface area contributed by atoms with E-state index in [4.69, 9.17) is 9.05 Å². The highest BCUT2D eigenvalue weighted by molar-refractivity contribution is 7.57. The fourth-order valence-corrected chi connectivity index (χ4v) is 1.31. The third-order valence-corrected chi connectivity index (χ3v) is 2.64. The fraction of sp³-hybridized carbons (Fsp3) is 0.400. The van der Waals surface area contributed by atoms with Gasteiger partial charge in [-0.15, -0.1) is 11.8 Å². The average molecular weight is 212 g/mol. The first-order valence-corrected chi connectivity index (χ1v) is 5.61. The molecule has 76 valence electrons. The van der Waals surface area contributed by atoms with E-state index in [9.17, 15) is 4.57 Å². The molecule has 0 radical (unpaired) electrons. The van der Waals surface area contributed by atoms with Gasteiger partial charge in [0.2, 0.25) is 0 Å². The molecular weight excluding hydrogens is 199 g/mol. The Kier molecular flexibility index (Phi) is 6.89. The highest BCUT2D eigenvalue weighted by atomic mass is 31.2. The SMILES string of the molecule is C=CP(=O)(OCC#CC)OCC#CC. The molecule has 0 heterocycles. The zero-order valence-corrected chi connectivity index (χ0v) is 9.27. The second kappa shape index (κ2) is 7.42. The molecule has 0 spiro atoms. The van der Waals surface area contributed by atoms with Gasteiger partial charge in [0.25, 0.3) is 0 Å². The van der Waals surface area contributed by atoms with Crippen LogP contribution in [0, 0.1) is 23.7 Å². The first-order chi connectivity index (χ1) is 6.68. The number of hydrogen-bond donors (Lipinski definition) is 0. The van der Waals surface area contributed by atoms with Crippen molar-refractivity contribution in [1.29, 1.82) is 0 Å². The summed E-state index contributed by atoms with van der Waals surface area (Å²) in [6.45, 7) is 6.86. The van der Waals surface area contributed by atoms with Crippen LogP contribution >= 0.6 is 7.60 Å². The van der Waals surface area contributed by atoms with Crippen LogP contribution in [0.15, 0.2) is 12.4 Å². The lowest BCUT2D eigenvalue weighted by Crippen LogP contribution is -1.94. The lowest BCUT2D eigenvalue weighted by molar-refractivity contribution is 0.251. The predicted molar refractivity (Wildman–Crippen MR) is 56.6 cm³/mol. The standard InChI is InChI=1S/C10H13O3P/c1-4-7-9-12-14(11,6-3)13-10-8-5-2/h6H,3,9-10H2,1-2H3. The van der Waals surface area contributed by atoms with E-state index in [1.165, 1.54) is 0 Å². The molecule has 0 aromatic carbocycles. The van der Waals surface area contributed by atoms with Crippen molar-refractivity contribution in [3.63, 3.8) is 0 Å². The molecule has 0 rings (SSSR count). The Bertz CT molecular complexity index is 310. The van der Waals surface area contributed by atoms with Crippen LogP contribution in [0.2, 0.25) is 0 Å². The summed E-state index contributed by atoms with van der Waals surface area (Å²) in [6, 6.07) is 0. The van der Waals surface area contributed by atoms with Crippen molar-refractivity contribution < 1.29 is 13.6 Å². The van der Waals surface area contributed by atoms with E-state index >= 15 is 0 Å². The van der Waals surface area contributed by atoms with E-state index in [0.717, 1.165) is 5.82 Å². The van der Waals surface area contributed by atoms with Crippen molar-refractivity contribution in [2.24, 2.45) is 0 Å². The van der Waals surface area contributed by atoms with Crippen molar-refractivity contribution in [3.05, 3.63) is 12.4 Å². The minimum absolute atomic E-state index is 0.0688. The van der Waals surface area contributed by atoms with Gasteiger partial charge in [-0.25, -0.2) is 0 Å². The van der Waals surface area contributed by atoms with Crippen LogP contribution in [-0.4, -0.2) is 13.2 Å². The Labute approximate surface area is 85.0 Å². The van der Waals surface area contributed by atoms with Gasteiger partial charge in [0.15, 0.2) is 0 Å². The molecule has 0 unspecified atom stereocenters. The van der Waals surface area contributed by atoms with Crippen molar-refractivity contribution in [2.45, 2.75) is 13.8 Å². The van der Waals surface area contributed by atoms with Gasteiger partial charge in [-0.1, -0.05) is 18.4 Å². The Morgan fingerprint density at radius 2 is 1.64 bits per heavy atom. The topological polar surface area (TPSA) is 35.5 Å². The zero-order valence-electron chi connectivity index (χ0n) is 8.37. The van der Waals surface area contributed by atoms with Crippen LogP contribution in [0.5, 0.6) is 0 Å². The summed E-state index contributed by atoms with van der Waals surface area (Å²) in [4.78, 5) is 0. The average Bonchev–Trinajstić information content (AvgIpc) is 2.19. The molecule has 4 heteroatoms. The monoisotopic (exact) mass is 212 g/mol. The molecule has 0 aliphatic carbocycles. The molecule has 3 nitrogen and oxygen atoms in total. The molecule has 0 aliphatic rings. The zero-order chi connectivity index (χ0) is 10.9. The molecule has 0 atom stereocenters. The molecule has 0 amide bonds. The van der Waals surface area contributed by atoms with E-state index in [2.05, 4.69) is 30.3 Å². The Hall–Kier alpha value is -0.990. The summed E-state index contributed by atoms with van der Waals surface area (Å²) in [6.07, 6.45) is 0. The molecular formula is C10H13O3P. The molecule has 0 aliphatic heterocycles. The number of hydrogen-bond acceptors (Lipinski definition) is 3. The summed E-state index contributed by atoms with van der Waals surface area (Å²) in [7, 11) is -3.20. The second-order valence-electron chi connectivity index (χ2n) is 2.12. The van der Waals surface area contributed by atoms with Crippen LogP contribution in [0.4, 0.5) is 0 Å². The van der Waals surface area contributed by atoms with Crippen LogP contribution in [0.25, 0.3) is 0 Å². The molecule has 0 fully saturated rings. The maximum Gasteiger partial charge on any atom is 0.355 e. The third kappa shape index (κ3) is 5.62. The Morgan fingerprint density at radius 3 is 1.93 bits per heavy atom. The van der Waals surface area contributed by atoms with Gasteiger partial charge in [0.1, 0.15) is 13.2 Å². The molecule has 0 aromatic heterocycles. The minimum Gasteiger partial charge on any atom is -0.293 e. The third-order valence-electron chi connectivity index (χ3n) is 1.21. The lowest BCUT2D eigenvalue weighted by atomic mass is 10.6. The quantitative estimate of drug-likeness (QED) is 0.518. The maximum absolute atomic E-state index is 11.6. The molecule has 14 heavy (non-hydrogen) atoms. The van der Waals surface area contributed by atoms with Gasteiger partial charge < -0.3 is 0 Å². The first kappa shape index (κ1) is 13.0. The summed E-state index contributed by atoms with van der Waals surface area (Å²) < 4.78 is 21.5. The molecule has 0 bridgehead atoms. The van der Waals surface area contributed by atoms with Gasteiger partial charge in [0, 0.05) is 5.82 Å². The van der Waals surface area contributed by atoms with Gasteiger partial charge in [-0.05, 0) is 13.8 Å². The molecule has 0 saturated carbocycles. The maximum atomic E-state index is 11.6. The predicted octanol–water partition coefficient (Wildman–Crippen LogP) is 2.40. The Morgan fingerprint density at radius 1 is 1.21 bits per heavy atom. The minimum atomic E-state index is -3.20. The second-order valence-corrected chi connectivity index (χ2v) is 4.08. The normalized spacial score (nSPS) is 9.29. The van der Waals surface area contributed by atoms with Crippen molar-refractivity contribution >= 4 is 7.60 Å². The summed E-state index contributed by atoms with van der Waals surface area (Å²) >= 11 is 0. The first-order valence-electron chi connectivity index (χ1n) is 4.00. The van der Waals surface area contributed by atoms with Crippen LogP contribution in [0.3, 0.4) is 0 Å². The van der Waals surface area contributed by atoms with Crippen LogP contribution in [-0.2, 0) is 13.6 Å². The van der Waals surface area contributed by atoms with Gasteiger partial charge >= 0.3 is 7.60 Å². The summed E-state index contributed by atoms with van der Waals surface area (Å²) in [5.41, 5.74) is 0. The fourth-order valence-electron chi connectivity index (χ4n) is 0.532. The van der Waals surface area contributed by atoms with E-state index in [1.807, 2.05) is 0 Å². The van der Waals surface area contributed by atoms with E-state index < -0.39 is 7.60 Å². The summed E-state index contributed by atoms with van der Waals surface area (Å²) in [5.74, 6) is 11.6. The van der Waals surface area contributed by atoms with E-state index in [0.29, 0.717) is 0 Å². The smallest absolute Gasteiger partial charge is 0.293 e. The molecule has 0 aromatic rings. The highest BCUT2D eigenvalue weighted by Crippen LogP contribution is 2.48. The van der Waals surface area contributed by atoms with Gasteiger partial charge in [-0.3, -0.25) is 13.6 Å². The van der Waals surface area contributed by atoms with E-state index in [-0.39, 0.29) is 13.2 Å². The van der Waals surface area contributed by atoms with E-state index in [1.54, 1.807) is 13.8 Å². The van der Waals surface area contributed by atoms with Crippen molar-refractivity contribution in [1.82, 2.24) is 0 Å². The largest absolute Gasteiger partial charge is 0.355 e. The van der Waals surface area contributed by atoms with Crippen molar-refractivity contribution in [2.75, 3.05) is 13.2 Å². The Balaban J connectivity index is 4.13. The lowest BCUT2D eigenvalue weighted by Gasteiger charge is -2.10. The number of rotatable bonds is 5. The van der Waals surface area contributed by atoms with Gasteiger partial charge in [0.05, 0.1) is 0 Å². The van der Waals surface area contributed by atoms with Crippen molar-refractivity contribution in [3.8, 4) is 23.7 Å². The van der Waals surface area contributed by atoms with Crippen LogP contribution < -0.4 is 0 Å². The molecule has 0 saturated heterocycles. The summed E-state index contributed by atoms with van der Waals surface area (Å²) in [5, 5.41) is 0. The molecule has 0 N–H and O–H groups in total. The van der Waals surface area contributed by atoms with Crippen LogP contribution in [0.1, 0.15) is 13.8 Å². The highest BCUT2D eigenvalue weighted by Gasteiger charge is 2.18. The van der Waals surface area contributed by atoms with Gasteiger partial charge in [-0.2, -0.15) is 0 Å².